The zero-order valence-corrected chi connectivity index (χ0v) is 11.9. The first kappa shape index (κ1) is 13.2. The first-order chi connectivity index (χ1) is 9.93. The second-order valence-electron chi connectivity index (χ2n) is 5.72. The fraction of sp³-hybridized carbons (Fsp3) is 0.300. The molecule has 1 saturated carbocycles. The van der Waals surface area contributed by atoms with Crippen molar-refractivity contribution in [3.05, 3.63) is 83.9 Å². The Kier molecular flexibility index (Phi) is 4.32. The lowest BCUT2D eigenvalue weighted by Gasteiger charge is -1.98. The van der Waals surface area contributed by atoms with Gasteiger partial charge in [-0.3, -0.25) is 0 Å². The van der Waals surface area contributed by atoms with Crippen LogP contribution in [0.25, 0.3) is 0 Å². The molecule has 0 spiro atoms. The monoisotopic (exact) mass is 262 g/mol. The predicted octanol–water partition coefficient (Wildman–Crippen LogP) is 5.37. The molecule has 0 saturated heterocycles. The van der Waals surface area contributed by atoms with Gasteiger partial charge in [-0.1, -0.05) is 72.8 Å². The third kappa shape index (κ3) is 3.60. The van der Waals surface area contributed by atoms with Gasteiger partial charge in [0.25, 0.3) is 0 Å². The van der Waals surface area contributed by atoms with Gasteiger partial charge in [-0.2, -0.15) is 0 Å². The summed E-state index contributed by atoms with van der Waals surface area (Å²) >= 11 is 0. The van der Waals surface area contributed by atoms with Gasteiger partial charge in [-0.25, -0.2) is 0 Å². The summed E-state index contributed by atoms with van der Waals surface area (Å²) in [5.41, 5.74) is 2.96. The molecule has 0 bridgehead atoms. The molecule has 1 aliphatic carbocycles. The van der Waals surface area contributed by atoms with E-state index in [0.717, 1.165) is 11.8 Å². The number of rotatable bonds is 6. The Morgan fingerprint density at radius 2 is 1.60 bits per heavy atom. The first-order valence-corrected chi connectivity index (χ1v) is 7.69. The van der Waals surface area contributed by atoms with Crippen molar-refractivity contribution in [2.24, 2.45) is 5.92 Å². The fourth-order valence-electron chi connectivity index (χ4n) is 2.85. The van der Waals surface area contributed by atoms with Gasteiger partial charge in [-0.05, 0) is 48.6 Å². The summed E-state index contributed by atoms with van der Waals surface area (Å²) in [6.07, 6.45) is 9.80. The molecule has 0 aliphatic heterocycles. The average molecular weight is 262 g/mol. The normalized spacial score (nSPS) is 21.2. The van der Waals surface area contributed by atoms with Crippen molar-refractivity contribution in [2.75, 3.05) is 0 Å². The van der Waals surface area contributed by atoms with Crippen LogP contribution in [-0.4, -0.2) is 0 Å². The lowest BCUT2D eigenvalue weighted by molar-refractivity contribution is 0.837. The molecule has 0 amide bonds. The highest BCUT2D eigenvalue weighted by Gasteiger charge is 2.35. The molecule has 2 unspecified atom stereocenters. The molecular weight excluding hydrogens is 240 g/mol. The highest BCUT2D eigenvalue weighted by Crippen LogP contribution is 2.48. The van der Waals surface area contributed by atoms with Crippen LogP contribution in [0, 0.1) is 5.92 Å². The van der Waals surface area contributed by atoms with Crippen molar-refractivity contribution in [1.82, 2.24) is 0 Å². The van der Waals surface area contributed by atoms with Gasteiger partial charge in [0.1, 0.15) is 0 Å². The van der Waals surface area contributed by atoms with Crippen LogP contribution in [0.5, 0.6) is 0 Å². The minimum atomic E-state index is 0.779. The summed E-state index contributed by atoms with van der Waals surface area (Å²) in [6.45, 7) is 0. The lowest BCUT2D eigenvalue weighted by atomic mass is 10.1. The van der Waals surface area contributed by atoms with Gasteiger partial charge in [0.05, 0.1) is 0 Å². The van der Waals surface area contributed by atoms with E-state index >= 15 is 0 Å². The zero-order chi connectivity index (χ0) is 13.6. The molecule has 3 rings (SSSR count). The van der Waals surface area contributed by atoms with Crippen LogP contribution in [0.1, 0.15) is 36.3 Å². The van der Waals surface area contributed by atoms with E-state index in [0.29, 0.717) is 0 Å². The molecular formula is C20H22. The van der Waals surface area contributed by atoms with E-state index < -0.39 is 0 Å². The summed E-state index contributed by atoms with van der Waals surface area (Å²) in [5, 5.41) is 0. The van der Waals surface area contributed by atoms with Crippen LogP contribution >= 0.6 is 0 Å². The Balaban J connectivity index is 1.38. The van der Waals surface area contributed by atoms with Gasteiger partial charge in [0.15, 0.2) is 0 Å². The van der Waals surface area contributed by atoms with Crippen molar-refractivity contribution in [2.45, 2.75) is 31.6 Å². The summed E-state index contributed by atoms with van der Waals surface area (Å²) in [5.74, 6) is 1.57. The summed E-state index contributed by atoms with van der Waals surface area (Å²) < 4.78 is 0. The summed E-state index contributed by atoms with van der Waals surface area (Å²) in [4.78, 5) is 0. The molecule has 102 valence electrons. The molecule has 2 aromatic rings. The zero-order valence-electron chi connectivity index (χ0n) is 11.9. The molecule has 0 heteroatoms. The van der Waals surface area contributed by atoms with Crippen molar-refractivity contribution in [3.63, 3.8) is 0 Å². The van der Waals surface area contributed by atoms with E-state index in [1.165, 1.54) is 36.8 Å². The highest BCUT2D eigenvalue weighted by atomic mass is 14.4. The number of allylic oxidation sites excluding steroid dienone is 2. The van der Waals surface area contributed by atoms with E-state index in [1.54, 1.807) is 0 Å². The number of hydrogen-bond donors (Lipinski definition) is 0. The van der Waals surface area contributed by atoms with Crippen LogP contribution < -0.4 is 0 Å². The maximum Gasteiger partial charge on any atom is -0.00930 e. The Hall–Kier alpha value is -1.82. The molecule has 0 radical (unpaired) electrons. The number of aryl methyl sites for hydroxylation is 1. The Labute approximate surface area is 122 Å². The van der Waals surface area contributed by atoms with Gasteiger partial charge < -0.3 is 0 Å². The van der Waals surface area contributed by atoms with Crippen LogP contribution in [-0.2, 0) is 6.42 Å². The SMILES string of the molecule is C(=C/C1CC1c1ccccc1)/CCCc1ccccc1. The minimum absolute atomic E-state index is 0.779. The smallest absolute Gasteiger partial charge is 0.00930 e. The molecule has 0 nitrogen and oxygen atoms in total. The van der Waals surface area contributed by atoms with E-state index in [4.69, 9.17) is 0 Å². The van der Waals surface area contributed by atoms with E-state index in [-0.39, 0.29) is 0 Å². The molecule has 2 atom stereocenters. The van der Waals surface area contributed by atoms with E-state index in [1.807, 2.05) is 0 Å². The average Bonchev–Trinajstić information content (AvgIpc) is 3.28. The second-order valence-corrected chi connectivity index (χ2v) is 5.72. The molecule has 0 heterocycles. The highest BCUT2D eigenvalue weighted by molar-refractivity contribution is 5.28. The van der Waals surface area contributed by atoms with E-state index in [2.05, 4.69) is 72.8 Å². The van der Waals surface area contributed by atoms with Gasteiger partial charge in [0, 0.05) is 0 Å². The molecule has 1 aliphatic rings. The van der Waals surface area contributed by atoms with Crippen molar-refractivity contribution in [3.8, 4) is 0 Å². The molecule has 20 heavy (non-hydrogen) atoms. The summed E-state index contributed by atoms with van der Waals surface area (Å²) in [6, 6.07) is 21.7. The van der Waals surface area contributed by atoms with Crippen LogP contribution in [0.2, 0.25) is 0 Å². The molecule has 1 fully saturated rings. The Bertz CT molecular complexity index is 539. The number of hydrogen-bond acceptors (Lipinski definition) is 0. The fourth-order valence-corrected chi connectivity index (χ4v) is 2.85. The van der Waals surface area contributed by atoms with Crippen LogP contribution in [0.4, 0.5) is 0 Å². The summed E-state index contributed by atoms with van der Waals surface area (Å²) in [7, 11) is 0. The standard InChI is InChI=1S/C20H22/c1-4-10-17(11-5-1)12-6-2-9-15-19-16-20(19)18-13-7-3-8-14-18/h1,3-5,7-11,13-15,19-20H,2,6,12,16H2/b15-9-. The van der Waals surface area contributed by atoms with Crippen molar-refractivity contribution in [1.29, 1.82) is 0 Å². The van der Waals surface area contributed by atoms with Gasteiger partial charge >= 0.3 is 0 Å². The van der Waals surface area contributed by atoms with Crippen LogP contribution in [0.3, 0.4) is 0 Å². The van der Waals surface area contributed by atoms with Crippen molar-refractivity contribution >= 4 is 0 Å². The van der Waals surface area contributed by atoms with Gasteiger partial charge in [0.2, 0.25) is 0 Å². The topological polar surface area (TPSA) is 0 Å². The second kappa shape index (κ2) is 6.56. The lowest BCUT2D eigenvalue weighted by Crippen LogP contribution is -1.83. The minimum Gasteiger partial charge on any atom is -0.0882 e. The third-order valence-electron chi connectivity index (χ3n) is 4.13. The van der Waals surface area contributed by atoms with E-state index in [9.17, 15) is 0 Å². The molecule has 0 N–H and O–H groups in total. The predicted molar refractivity (Wildman–Crippen MR) is 85.8 cm³/mol. The maximum absolute atomic E-state index is 2.43. The Morgan fingerprint density at radius 3 is 2.35 bits per heavy atom. The third-order valence-corrected chi connectivity index (χ3v) is 4.13. The van der Waals surface area contributed by atoms with Crippen molar-refractivity contribution < 1.29 is 0 Å². The van der Waals surface area contributed by atoms with Crippen LogP contribution in [0.15, 0.2) is 72.8 Å². The Morgan fingerprint density at radius 1 is 0.900 bits per heavy atom. The maximum atomic E-state index is 2.43. The number of benzene rings is 2. The quantitative estimate of drug-likeness (QED) is 0.485. The van der Waals surface area contributed by atoms with Gasteiger partial charge in [-0.15, -0.1) is 0 Å². The first-order valence-electron chi connectivity index (χ1n) is 7.69. The molecule has 2 aromatic carbocycles. The number of unbranched alkanes of at least 4 members (excludes halogenated alkanes) is 1. The largest absolute Gasteiger partial charge is 0.0882 e. The molecule has 0 aromatic heterocycles.